The molecule has 0 unspecified atom stereocenters. The van der Waals surface area contributed by atoms with E-state index in [1.54, 1.807) is 17.0 Å². The number of hydrogen-bond donors (Lipinski definition) is 1. The van der Waals surface area contributed by atoms with E-state index in [4.69, 9.17) is 0 Å². The first-order chi connectivity index (χ1) is 13.5. The summed E-state index contributed by atoms with van der Waals surface area (Å²) in [6.45, 7) is 4.71. The highest BCUT2D eigenvalue weighted by Crippen LogP contribution is 2.29. The molecular weight excluding hydrogens is 372 g/mol. The molecule has 142 valence electrons. The molecule has 0 aliphatic rings. The van der Waals surface area contributed by atoms with Gasteiger partial charge in [0, 0.05) is 11.9 Å². The molecule has 28 heavy (non-hydrogen) atoms. The molecule has 7 heteroatoms. The van der Waals surface area contributed by atoms with Gasteiger partial charge < -0.3 is 0 Å². The summed E-state index contributed by atoms with van der Waals surface area (Å²) in [5, 5.41) is 8.57. The molecule has 1 N–H and O–H groups in total. The van der Waals surface area contributed by atoms with E-state index in [0.29, 0.717) is 28.1 Å². The lowest BCUT2D eigenvalue weighted by Gasteiger charge is -2.22. The number of rotatable bonds is 5. The first-order valence-electron chi connectivity index (χ1n) is 9.15. The molecule has 0 saturated heterocycles. The van der Waals surface area contributed by atoms with E-state index < -0.39 is 0 Å². The predicted molar refractivity (Wildman–Crippen MR) is 113 cm³/mol. The average Bonchev–Trinajstić information content (AvgIpc) is 3.12. The van der Waals surface area contributed by atoms with Crippen molar-refractivity contribution in [1.82, 2.24) is 15.2 Å². The number of amides is 1. The summed E-state index contributed by atoms with van der Waals surface area (Å²) in [6.07, 6.45) is 0.0972. The number of carbonyl (C=O) groups is 1. The lowest BCUT2D eigenvalue weighted by Crippen LogP contribution is -2.35. The lowest BCUT2D eigenvalue weighted by atomic mass is 10.1. The van der Waals surface area contributed by atoms with E-state index in [2.05, 4.69) is 29.0 Å². The highest BCUT2D eigenvalue weighted by Gasteiger charge is 2.22. The summed E-state index contributed by atoms with van der Waals surface area (Å²) in [6, 6.07) is 15.1. The minimum atomic E-state index is -0.253. The summed E-state index contributed by atoms with van der Waals surface area (Å²) in [5.41, 5.74) is 1.20. The number of nitrogens with zero attached hydrogens (tertiary/aromatic N) is 3. The Hall–Kier alpha value is -3.06. The van der Waals surface area contributed by atoms with Crippen molar-refractivity contribution in [3.8, 4) is 0 Å². The SMILES string of the molecule is CC(C)CN(C(=O)Cc1n[nH]c(=O)c2ccccc12)c1nc2ccccc2s1. The third-order valence-corrected chi connectivity index (χ3v) is 5.52. The molecule has 0 radical (unpaired) electrons. The summed E-state index contributed by atoms with van der Waals surface area (Å²) in [7, 11) is 0. The summed E-state index contributed by atoms with van der Waals surface area (Å²) < 4.78 is 1.05. The Morgan fingerprint density at radius 2 is 1.82 bits per heavy atom. The topological polar surface area (TPSA) is 79.0 Å². The Kier molecular flexibility index (Phi) is 4.92. The van der Waals surface area contributed by atoms with Crippen LogP contribution in [0.3, 0.4) is 0 Å². The van der Waals surface area contributed by atoms with Crippen LogP contribution < -0.4 is 10.5 Å². The fraction of sp³-hybridized carbons (Fsp3) is 0.238. The van der Waals surface area contributed by atoms with E-state index in [1.807, 2.05) is 36.4 Å². The van der Waals surface area contributed by atoms with E-state index >= 15 is 0 Å². The van der Waals surface area contributed by atoms with Gasteiger partial charge in [-0.1, -0.05) is 55.5 Å². The Morgan fingerprint density at radius 3 is 2.57 bits per heavy atom. The van der Waals surface area contributed by atoms with Crippen molar-refractivity contribution in [3.05, 3.63) is 64.6 Å². The van der Waals surface area contributed by atoms with Gasteiger partial charge in [0.25, 0.3) is 5.56 Å². The molecule has 0 bridgehead atoms. The van der Waals surface area contributed by atoms with Crippen molar-refractivity contribution < 1.29 is 4.79 Å². The number of anilines is 1. The van der Waals surface area contributed by atoms with Gasteiger partial charge in [-0.25, -0.2) is 10.1 Å². The fourth-order valence-electron chi connectivity index (χ4n) is 3.17. The molecule has 2 aromatic carbocycles. The average molecular weight is 392 g/mol. The Balaban J connectivity index is 1.70. The largest absolute Gasteiger partial charge is 0.288 e. The molecule has 0 spiro atoms. The van der Waals surface area contributed by atoms with E-state index in [0.717, 1.165) is 10.2 Å². The molecule has 0 fully saturated rings. The molecule has 0 aliphatic heterocycles. The van der Waals surface area contributed by atoms with E-state index in [9.17, 15) is 9.59 Å². The molecule has 1 amide bonds. The number of aromatic amines is 1. The van der Waals surface area contributed by atoms with Crippen LogP contribution in [-0.4, -0.2) is 27.6 Å². The van der Waals surface area contributed by atoms with Crippen LogP contribution in [0.5, 0.6) is 0 Å². The zero-order valence-electron chi connectivity index (χ0n) is 15.7. The Labute approximate surface area is 165 Å². The van der Waals surface area contributed by atoms with Crippen molar-refractivity contribution in [2.75, 3.05) is 11.4 Å². The lowest BCUT2D eigenvalue weighted by molar-refractivity contribution is -0.118. The van der Waals surface area contributed by atoms with Crippen LogP contribution in [0.4, 0.5) is 5.13 Å². The standard InChI is InChI=1S/C21H20N4O2S/c1-13(2)12-25(21-22-16-9-5-6-10-18(16)28-21)19(26)11-17-14-7-3-4-8-15(14)20(27)24-23-17/h3-10,13H,11-12H2,1-2H3,(H,24,27). The highest BCUT2D eigenvalue weighted by molar-refractivity contribution is 7.22. The maximum Gasteiger partial charge on any atom is 0.272 e. The number of H-pyrrole nitrogens is 1. The molecule has 0 atom stereocenters. The first kappa shape index (κ1) is 18.3. The molecule has 4 aromatic rings. The Bertz CT molecular complexity index is 1180. The van der Waals surface area contributed by atoms with Gasteiger partial charge in [-0.15, -0.1) is 0 Å². The summed E-state index contributed by atoms with van der Waals surface area (Å²) in [5.74, 6) is 0.203. The van der Waals surface area contributed by atoms with Crippen LogP contribution >= 0.6 is 11.3 Å². The highest BCUT2D eigenvalue weighted by atomic mass is 32.1. The maximum atomic E-state index is 13.2. The fourth-order valence-corrected chi connectivity index (χ4v) is 4.16. The molecule has 6 nitrogen and oxygen atoms in total. The zero-order valence-corrected chi connectivity index (χ0v) is 16.5. The molecule has 2 aromatic heterocycles. The van der Waals surface area contributed by atoms with Gasteiger partial charge in [0.2, 0.25) is 5.91 Å². The maximum absolute atomic E-state index is 13.2. The molecule has 0 aliphatic carbocycles. The molecule has 2 heterocycles. The summed E-state index contributed by atoms with van der Waals surface area (Å²) >= 11 is 1.51. The monoisotopic (exact) mass is 392 g/mol. The number of benzene rings is 2. The van der Waals surface area contributed by atoms with Crippen LogP contribution in [0.15, 0.2) is 53.3 Å². The second-order valence-corrected chi connectivity index (χ2v) is 8.09. The zero-order chi connectivity index (χ0) is 19.7. The van der Waals surface area contributed by atoms with Gasteiger partial charge >= 0.3 is 0 Å². The van der Waals surface area contributed by atoms with Crippen molar-refractivity contribution in [1.29, 1.82) is 0 Å². The quantitative estimate of drug-likeness (QED) is 0.561. The van der Waals surface area contributed by atoms with E-state index in [1.165, 1.54) is 11.3 Å². The Morgan fingerprint density at radius 1 is 1.11 bits per heavy atom. The minimum absolute atomic E-state index is 0.0857. The normalized spacial score (nSPS) is 11.4. The number of para-hydroxylation sites is 1. The van der Waals surface area contributed by atoms with Crippen molar-refractivity contribution >= 4 is 43.4 Å². The first-order valence-corrected chi connectivity index (χ1v) is 9.97. The number of fused-ring (bicyclic) bond motifs is 2. The predicted octanol–water partition coefficient (Wildman–Crippen LogP) is 3.76. The van der Waals surface area contributed by atoms with Crippen LogP contribution in [0.2, 0.25) is 0 Å². The van der Waals surface area contributed by atoms with Crippen LogP contribution in [0, 0.1) is 5.92 Å². The van der Waals surface area contributed by atoms with Crippen LogP contribution in [0.25, 0.3) is 21.0 Å². The van der Waals surface area contributed by atoms with Gasteiger partial charge in [0.15, 0.2) is 5.13 Å². The van der Waals surface area contributed by atoms with Gasteiger partial charge in [-0.2, -0.15) is 5.10 Å². The van der Waals surface area contributed by atoms with Crippen molar-refractivity contribution in [3.63, 3.8) is 0 Å². The number of nitrogens with one attached hydrogen (secondary N) is 1. The number of carbonyl (C=O) groups excluding carboxylic acids is 1. The van der Waals surface area contributed by atoms with Gasteiger partial charge in [-0.05, 0) is 24.1 Å². The smallest absolute Gasteiger partial charge is 0.272 e. The second-order valence-electron chi connectivity index (χ2n) is 7.08. The third-order valence-electron chi connectivity index (χ3n) is 4.46. The van der Waals surface area contributed by atoms with Crippen LogP contribution in [-0.2, 0) is 11.2 Å². The molecule has 0 saturated carbocycles. The number of thiazole rings is 1. The van der Waals surface area contributed by atoms with E-state index in [-0.39, 0.29) is 23.8 Å². The number of aromatic nitrogens is 3. The molecular formula is C21H20N4O2S. The third kappa shape index (κ3) is 3.53. The van der Waals surface area contributed by atoms with Gasteiger partial charge in [-0.3, -0.25) is 14.5 Å². The van der Waals surface area contributed by atoms with Gasteiger partial charge in [0.1, 0.15) is 0 Å². The van der Waals surface area contributed by atoms with Crippen molar-refractivity contribution in [2.45, 2.75) is 20.3 Å². The second kappa shape index (κ2) is 7.52. The number of hydrogen-bond acceptors (Lipinski definition) is 5. The minimum Gasteiger partial charge on any atom is -0.288 e. The van der Waals surface area contributed by atoms with Gasteiger partial charge in [0.05, 0.1) is 27.7 Å². The van der Waals surface area contributed by atoms with Crippen LogP contribution in [0.1, 0.15) is 19.5 Å². The van der Waals surface area contributed by atoms with Crippen molar-refractivity contribution in [2.24, 2.45) is 5.92 Å². The summed E-state index contributed by atoms with van der Waals surface area (Å²) in [4.78, 5) is 31.6. The molecule has 4 rings (SSSR count).